The van der Waals surface area contributed by atoms with Crippen molar-refractivity contribution in [2.75, 3.05) is 32.7 Å². The van der Waals surface area contributed by atoms with E-state index in [1.54, 1.807) is 0 Å². The van der Waals surface area contributed by atoms with Crippen LogP contribution in [0.3, 0.4) is 0 Å². The molecule has 1 aromatic rings. The highest BCUT2D eigenvalue weighted by molar-refractivity contribution is 7.89. The quantitative estimate of drug-likeness (QED) is 0.679. The van der Waals surface area contributed by atoms with Crippen molar-refractivity contribution in [3.05, 3.63) is 29.3 Å². The van der Waals surface area contributed by atoms with Crippen LogP contribution in [-0.2, 0) is 24.4 Å². The number of hydrogen-bond donors (Lipinski definition) is 0. The molecule has 26 heavy (non-hydrogen) atoms. The number of likely N-dealkylation sites (tertiary alicyclic amines) is 1. The molecule has 0 saturated carbocycles. The van der Waals surface area contributed by atoms with E-state index in [4.69, 9.17) is 11.6 Å². The Morgan fingerprint density at radius 1 is 0.962 bits per heavy atom. The molecule has 2 saturated heterocycles. The second-order valence-electron chi connectivity index (χ2n) is 6.11. The third-order valence-electron chi connectivity index (χ3n) is 4.49. The Hall–Kier alpha value is -1.97. The maximum Gasteiger partial charge on any atom is 0.243 e. The van der Waals surface area contributed by atoms with Gasteiger partial charge in [0.1, 0.15) is 6.54 Å². The lowest BCUT2D eigenvalue weighted by Crippen LogP contribution is -2.53. The average molecular weight is 400 g/mol. The van der Waals surface area contributed by atoms with Gasteiger partial charge in [0.15, 0.2) is 0 Å². The molecule has 2 aliphatic heterocycles. The van der Waals surface area contributed by atoms with Gasteiger partial charge in [0.05, 0.1) is 4.90 Å². The van der Waals surface area contributed by atoms with Crippen molar-refractivity contribution < 1.29 is 22.8 Å². The van der Waals surface area contributed by atoms with Gasteiger partial charge >= 0.3 is 0 Å². The maximum absolute atomic E-state index is 12.6. The fraction of sp³-hybridized carbons (Fsp3) is 0.438. The molecule has 2 heterocycles. The predicted octanol–water partition coefficient (Wildman–Crippen LogP) is 0.322. The summed E-state index contributed by atoms with van der Waals surface area (Å²) in [7, 11) is -3.65. The smallest absolute Gasteiger partial charge is 0.243 e. The van der Waals surface area contributed by atoms with Crippen molar-refractivity contribution >= 4 is 39.3 Å². The first-order chi connectivity index (χ1) is 12.3. The fourth-order valence-electron chi connectivity index (χ4n) is 2.97. The minimum absolute atomic E-state index is 0.138. The zero-order valence-electron chi connectivity index (χ0n) is 13.9. The number of rotatable bonds is 4. The number of hydrogen-bond acceptors (Lipinski definition) is 5. The number of imide groups is 1. The minimum Gasteiger partial charge on any atom is -0.338 e. The van der Waals surface area contributed by atoms with Crippen molar-refractivity contribution in [3.63, 3.8) is 0 Å². The van der Waals surface area contributed by atoms with Gasteiger partial charge in [-0.3, -0.25) is 19.3 Å². The first-order valence-corrected chi connectivity index (χ1v) is 9.97. The van der Waals surface area contributed by atoms with Crippen molar-refractivity contribution in [3.8, 4) is 0 Å². The van der Waals surface area contributed by atoms with E-state index < -0.39 is 10.0 Å². The van der Waals surface area contributed by atoms with E-state index in [-0.39, 0.29) is 68.2 Å². The second kappa shape index (κ2) is 7.34. The molecule has 0 spiro atoms. The number of carbonyl (C=O) groups excluding carboxylic acids is 3. The summed E-state index contributed by atoms with van der Waals surface area (Å²) in [6, 6.07) is 5.91. The standard InChI is InChI=1S/C16H18ClN3O5S/c17-12-1-3-13(4-2-12)26(24,25)19-9-7-18(8-10-19)16(23)11-20-14(21)5-6-15(20)22/h1-4H,5-11H2. The highest BCUT2D eigenvalue weighted by atomic mass is 35.5. The summed E-state index contributed by atoms with van der Waals surface area (Å²) in [5.41, 5.74) is 0. The van der Waals surface area contributed by atoms with E-state index in [1.807, 2.05) is 0 Å². The van der Waals surface area contributed by atoms with Crippen LogP contribution in [0.25, 0.3) is 0 Å². The number of piperazine rings is 1. The van der Waals surface area contributed by atoms with Gasteiger partial charge in [-0.25, -0.2) is 8.42 Å². The average Bonchev–Trinajstić information content (AvgIpc) is 2.94. The molecule has 8 nitrogen and oxygen atoms in total. The monoisotopic (exact) mass is 399 g/mol. The molecule has 0 aromatic heterocycles. The van der Waals surface area contributed by atoms with E-state index >= 15 is 0 Å². The lowest BCUT2D eigenvalue weighted by Gasteiger charge is -2.34. The highest BCUT2D eigenvalue weighted by Gasteiger charge is 2.34. The van der Waals surface area contributed by atoms with Crippen LogP contribution in [0, 0.1) is 0 Å². The normalized spacial score (nSPS) is 19.3. The van der Waals surface area contributed by atoms with Gasteiger partial charge in [-0.15, -0.1) is 0 Å². The summed E-state index contributed by atoms with van der Waals surface area (Å²) in [5, 5.41) is 0.449. The maximum atomic E-state index is 12.6. The van der Waals surface area contributed by atoms with E-state index in [1.165, 1.54) is 33.5 Å². The van der Waals surface area contributed by atoms with Crippen LogP contribution in [-0.4, -0.2) is 73.0 Å². The number of benzene rings is 1. The van der Waals surface area contributed by atoms with Crippen LogP contribution < -0.4 is 0 Å². The molecule has 0 N–H and O–H groups in total. The van der Waals surface area contributed by atoms with Crippen LogP contribution in [0.2, 0.25) is 5.02 Å². The zero-order chi connectivity index (χ0) is 18.9. The summed E-state index contributed by atoms with van der Waals surface area (Å²) in [6.45, 7) is 0.447. The van der Waals surface area contributed by atoms with Gasteiger partial charge in [0.2, 0.25) is 27.7 Å². The van der Waals surface area contributed by atoms with Crippen LogP contribution in [0.15, 0.2) is 29.2 Å². The van der Waals surface area contributed by atoms with Gasteiger partial charge in [0, 0.05) is 44.0 Å². The van der Waals surface area contributed by atoms with Gasteiger partial charge < -0.3 is 4.90 Å². The van der Waals surface area contributed by atoms with Gasteiger partial charge in [-0.1, -0.05) is 11.6 Å². The van der Waals surface area contributed by atoms with Crippen molar-refractivity contribution in [1.29, 1.82) is 0 Å². The Kier molecular flexibility index (Phi) is 5.31. The Morgan fingerprint density at radius 3 is 2.04 bits per heavy atom. The van der Waals surface area contributed by atoms with Crippen LogP contribution in [0.5, 0.6) is 0 Å². The Balaban J connectivity index is 1.60. The molecular weight excluding hydrogens is 382 g/mol. The van der Waals surface area contributed by atoms with Crippen molar-refractivity contribution in [1.82, 2.24) is 14.1 Å². The van der Waals surface area contributed by atoms with E-state index in [2.05, 4.69) is 0 Å². The number of halogens is 1. The molecular formula is C16H18ClN3O5S. The third-order valence-corrected chi connectivity index (χ3v) is 6.66. The molecule has 3 amide bonds. The van der Waals surface area contributed by atoms with E-state index in [0.717, 1.165) is 4.90 Å². The Bertz CT molecular complexity index is 816. The number of amides is 3. The molecule has 10 heteroatoms. The summed E-state index contributed by atoms with van der Waals surface area (Å²) in [5.74, 6) is -1.03. The molecule has 140 valence electrons. The molecule has 2 aliphatic rings. The largest absolute Gasteiger partial charge is 0.338 e. The van der Waals surface area contributed by atoms with Gasteiger partial charge in [0.25, 0.3) is 0 Å². The van der Waals surface area contributed by atoms with Crippen molar-refractivity contribution in [2.24, 2.45) is 0 Å². The molecule has 0 bridgehead atoms. The molecule has 0 unspecified atom stereocenters. The molecule has 0 radical (unpaired) electrons. The molecule has 0 aliphatic carbocycles. The molecule has 3 rings (SSSR count). The van der Waals surface area contributed by atoms with Gasteiger partial charge in [-0.2, -0.15) is 4.31 Å². The van der Waals surface area contributed by atoms with Crippen LogP contribution in [0.4, 0.5) is 0 Å². The fourth-order valence-corrected chi connectivity index (χ4v) is 4.52. The van der Waals surface area contributed by atoms with Crippen LogP contribution >= 0.6 is 11.6 Å². The number of nitrogens with zero attached hydrogens (tertiary/aromatic N) is 3. The van der Waals surface area contributed by atoms with E-state index in [0.29, 0.717) is 5.02 Å². The summed E-state index contributed by atoms with van der Waals surface area (Å²) < 4.78 is 26.6. The van der Waals surface area contributed by atoms with Crippen LogP contribution in [0.1, 0.15) is 12.8 Å². The summed E-state index contributed by atoms with van der Waals surface area (Å²) in [6.07, 6.45) is 0.276. The topological polar surface area (TPSA) is 95.1 Å². The Morgan fingerprint density at radius 2 is 1.50 bits per heavy atom. The first kappa shape index (κ1) is 18.8. The molecule has 1 aromatic carbocycles. The Labute approximate surface area is 156 Å². The molecule has 2 fully saturated rings. The highest BCUT2D eigenvalue weighted by Crippen LogP contribution is 2.20. The second-order valence-corrected chi connectivity index (χ2v) is 8.49. The summed E-state index contributed by atoms with van der Waals surface area (Å²) >= 11 is 5.79. The first-order valence-electron chi connectivity index (χ1n) is 8.16. The van der Waals surface area contributed by atoms with Crippen molar-refractivity contribution in [2.45, 2.75) is 17.7 Å². The lowest BCUT2D eigenvalue weighted by atomic mass is 10.3. The SMILES string of the molecule is O=C(CN1C(=O)CCC1=O)N1CCN(S(=O)(=O)c2ccc(Cl)cc2)CC1. The third kappa shape index (κ3) is 3.74. The number of sulfonamides is 1. The number of carbonyl (C=O) groups is 3. The summed E-state index contributed by atoms with van der Waals surface area (Å²) in [4.78, 5) is 38.1. The molecule has 0 atom stereocenters. The zero-order valence-corrected chi connectivity index (χ0v) is 15.5. The van der Waals surface area contributed by atoms with Gasteiger partial charge in [-0.05, 0) is 24.3 Å². The predicted molar refractivity (Wildman–Crippen MR) is 92.7 cm³/mol. The minimum atomic E-state index is -3.65. The van der Waals surface area contributed by atoms with E-state index in [9.17, 15) is 22.8 Å². The lowest BCUT2D eigenvalue weighted by molar-refractivity contribution is -0.145.